The molecule has 0 radical (unpaired) electrons. The maximum absolute atomic E-state index is 11.9. The van der Waals surface area contributed by atoms with Crippen LogP contribution in [0.2, 0.25) is 0 Å². The minimum absolute atomic E-state index is 0.0248. The van der Waals surface area contributed by atoms with Gasteiger partial charge in [-0.3, -0.25) is 0 Å². The van der Waals surface area contributed by atoms with Crippen LogP contribution in [0.25, 0.3) is 0 Å². The topological polar surface area (TPSA) is 64.6 Å². The molecule has 112 valence electrons. The summed E-state index contributed by atoms with van der Waals surface area (Å²) in [6, 6.07) is -0.688. The van der Waals surface area contributed by atoms with E-state index in [1.165, 1.54) is 0 Å². The van der Waals surface area contributed by atoms with Crippen molar-refractivity contribution in [3.63, 3.8) is 0 Å². The third kappa shape index (κ3) is 7.93. The molecule has 0 saturated heterocycles. The van der Waals surface area contributed by atoms with Gasteiger partial charge in [0.25, 0.3) is 0 Å². The Morgan fingerprint density at radius 2 is 1.84 bits per heavy atom. The van der Waals surface area contributed by atoms with Gasteiger partial charge in [-0.05, 0) is 11.8 Å². The molecule has 0 spiro atoms. The zero-order valence-electron chi connectivity index (χ0n) is 12.1. The van der Waals surface area contributed by atoms with Gasteiger partial charge in [0, 0.05) is 0 Å². The summed E-state index contributed by atoms with van der Waals surface area (Å²) < 4.78 is 9.96. The third-order valence-corrected chi connectivity index (χ3v) is 2.76. The van der Waals surface area contributed by atoms with Gasteiger partial charge in [0.05, 0.1) is 12.5 Å². The SMILES string of the molecule is CCC(C)C(NC(=O)OCCCl)C(=O)OCC(C)C. The van der Waals surface area contributed by atoms with E-state index in [-0.39, 0.29) is 24.3 Å². The molecule has 5 nitrogen and oxygen atoms in total. The number of amides is 1. The smallest absolute Gasteiger partial charge is 0.407 e. The molecule has 0 bridgehead atoms. The van der Waals surface area contributed by atoms with Crippen molar-refractivity contribution in [3.8, 4) is 0 Å². The van der Waals surface area contributed by atoms with Crippen LogP contribution >= 0.6 is 11.6 Å². The summed E-state index contributed by atoms with van der Waals surface area (Å²) in [5.74, 6) is 0.0259. The number of hydrogen-bond donors (Lipinski definition) is 1. The van der Waals surface area contributed by atoms with E-state index in [9.17, 15) is 9.59 Å². The van der Waals surface area contributed by atoms with Crippen LogP contribution in [0.15, 0.2) is 0 Å². The zero-order valence-corrected chi connectivity index (χ0v) is 12.8. The number of rotatable bonds is 8. The molecule has 1 N–H and O–H groups in total. The van der Waals surface area contributed by atoms with E-state index >= 15 is 0 Å². The lowest BCUT2D eigenvalue weighted by atomic mass is 9.99. The lowest BCUT2D eigenvalue weighted by Gasteiger charge is -2.22. The number of nitrogens with one attached hydrogen (secondary N) is 1. The van der Waals surface area contributed by atoms with Crippen LogP contribution in [0.5, 0.6) is 0 Å². The van der Waals surface area contributed by atoms with Crippen molar-refractivity contribution >= 4 is 23.7 Å². The molecule has 2 atom stereocenters. The maximum Gasteiger partial charge on any atom is 0.407 e. The monoisotopic (exact) mass is 293 g/mol. The van der Waals surface area contributed by atoms with Gasteiger partial charge in [-0.15, -0.1) is 11.6 Å². The predicted octanol–water partition coefficient (Wildman–Crippen LogP) is 2.57. The number of carbonyl (C=O) groups excluding carboxylic acids is 2. The minimum atomic E-state index is -0.688. The fraction of sp³-hybridized carbons (Fsp3) is 0.846. The van der Waals surface area contributed by atoms with Crippen molar-refractivity contribution < 1.29 is 19.1 Å². The van der Waals surface area contributed by atoms with Gasteiger partial charge in [-0.1, -0.05) is 34.1 Å². The summed E-state index contributed by atoms with van der Waals surface area (Å²) in [7, 11) is 0. The number of esters is 1. The summed E-state index contributed by atoms with van der Waals surface area (Å²) in [4.78, 5) is 23.4. The fourth-order valence-electron chi connectivity index (χ4n) is 1.31. The van der Waals surface area contributed by atoms with E-state index in [0.717, 1.165) is 6.42 Å². The summed E-state index contributed by atoms with van der Waals surface area (Å²) >= 11 is 5.42. The quantitative estimate of drug-likeness (QED) is 0.552. The summed E-state index contributed by atoms with van der Waals surface area (Å²) in [6.45, 7) is 8.18. The highest BCUT2D eigenvalue weighted by Crippen LogP contribution is 2.10. The first-order chi connectivity index (χ1) is 8.92. The molecular weight excluding hydrogens is 270 g/mol. The molecule has 1 amide bonds. The second-order valence-electron chi connectivity index (χ2n) is 4.86. The van der Waals surface area contributed by atoms with Crippen LogP contribution in [-0.4, -0.2) is 37.2 Å². The molecule has 0 heterocycles. The van der Waals surface area contributed by atoms with Crippen molar-refractivity contribution in [2.45, 2.75) is 40.2 Å². The van der Waals surface area contributed by atoms with E-state index in [2.05, 4.69) is 5.32 Å². The molecule has 2 unspecified atom stereocenters. The molecule has 0 fully saturated rings. The van der Waals surface area contributed by atoms with Crippen LogP contribution in [0.1, 0.15) is 34.1 Å². The van der Waals surface area contributed by atoms with Gasteiger partial charge in [-0.2, -0.15) is 0 Å². The Bertz CT molecular complexity index is 284. The zero-order chi connectivity index (χ0) is 14.8. The van der Waals surface area contributed by atoms with E-state index in [1.54, 1.807) is 0 Å². The molecule has 6 heteroatoms. The minimum Gasteiger partial charge on any atom is -0.464 e. The standard InChI is InChI=1S/C13H24ClNO4/c1-5-10(4)11(12(16)19-8-9(2)3)15-13(17)18-7-6-14/h9-11H,5-8H2,1-4H3,(H,15,17). The van der Waals surface area contributed by atoms with Gasteiger partial charge < -0.3 is 14.8 Å². The fourth-order valence-corrected chi connectivity index (χ4v) is 1.38. The van der Waals surface area contributed by atoms with Crippen LogP contribution in [0.4, 0.5) is 4.79 Å². The molecule has 0 aromatic carbocycles. The number of halogens is 1. The molecule has 19 heavy (non-hydrogen) atoms. The molecule has 0 saturated carbocycles. The van der Waals surface area contributed by atoms with Crippen LogP contribution in [-0.2, 0) is 14.3 Å². The Balaban J connectivity index is 4.45. The Labute approximate surface area is 120 Å². The van der Waals surface area contributed by atoms with E-state index in [4.69, 9.17) is 21.1 Å². The molecule has 0 aliphatic heterocycles. The van der Waals surface area contributed by atoms with Gasteiger partial charge in [0.15, 0.2) is 0 Å². The van der Waals surface area contributed by atoms with Crippen molar-refractivity contribution in [1.29, 1.82) is 0 Å². The largest absolute Gasteiger partial charge is 0.464 e. The maximum atomic E-state index is 11.9. The highest BCUT2D eigenvalue weighted by atomic mass is 35.5. The number of ether oxygens (including phenoxy) is 2. The molecule has 0 aliphatic carbocycles. The van der Waals surface area contributed by atoms with Gasteiger partial charge in [0.1, 0.15) is 12.6 Å². The predicted molar refractivity (Wildman–Crippen MR) is 74.2 cm³/mol. The number of alkyl carbamates (subject to hydrolysis) is 1. The highest BCUT2D eigenvalue weighted by Gasteiger charge is 2.28. The lowest BCUT2D eigenvalue weighted by Crippen LogP contribution is -2.46. The second-order valence-corrected chi connectivity index (χ2v) is 5.23. The first-order valence-electron chi connectivity index (χ1n) is 6.58. The van der Waals surface area contributed by atoms with Crippen molar-refractivity contribution in [2.75, 3.05) is 19.1 Å². The van der Waals surface area contributed by atoms with Crippen LogP contribution < -0.4 is 5.32 Å². The number of hydrogen-bond acceptors (Lipinski definition) is 4. The molecule has 0 aromatic rings. The van der Waals surface area contributed by atoms with Crippen molar-refractivity contribution in [3.05, 3.63) is 0 Å². The second kappa shape index (κ2) is 9.89. The normalized spacial score (nSPS) is 13.8. The summed E-state index contributed by atoms with van der Waals surface area (Å²) in [5.41, 5.74) is 0. The molecule has 0 aromatic heterocycles. The van der Waals surface area contributed by atoms with Gasteiger partial charge >= 0.3 is 12.1 Å². The number of carbonyl (C=O) groups is 2. The third-order valence-electron chi connectivity index (χ3n) is 2.61. The average Bonchev–Trinajstić information content (AvgIpc) is 2.38. The van der Waals surface area contributed by atoms with E-state index in [0.29, 0.717) is 6.61 Å². The Morgan fingerprint density at radius 3 is 2.32 bits per heavy atom. The van der Waals surface area contributed by atoms with E-state index in [1.807, 2.05) is 27.7 Å². The Hall–Kier alpha value is -0.970. The van der Waals surface area contributed by atoms with E-state index < -0.39 is 18.1 Å². The first kappa shape index (κ1) is 18.0. The van der Waals surface area contributed by atoms with Crippen LogP contribution in [0.3, 0.4) is 0 Å². The molecular formula is C13H24ClNO4. The Morgan fingerprint density at radius 1 is 1.21 bits per heavy atom. The Kier molecular flexibility index (Phi) is 9.39. The van der Waals surface area contributed by atoms with Crippen molar-refractivity contribution in [2.24, 2.45) is 11.8 Å². The molecule has 0 rings (SSSR count). The lowest BCUT2D eigenvalue weighted by molar-refractivity contribution is -0.148. The highest BCUT2D eigenvalue weighted by molar-refractivity contribution is 6.18. The summed E-state index contributed by atoms with van der Waals surface area (Å²) in [5, 5.41) is 2.53. The summed E-state index contributed by atoms with van der Waals surface area (Å²) in [6.07, 6.45) is 0.101. The van der Waals surface area contributed by atoms with Crippen molar-refractivity contribution in [1.82, 2.24) is 5.32 Å². The first-order valence-corrected chi connectivity index (χ1v) is 7.11. The average molecular weight is 294 g/mol. The van der Waals surface area contributed by atoms with Gasteiger partial charge in [-0.25, -0.2) is 9.59 Å². The van der Waals surface area contributed by atoms with Crippen LogP contribution in [0, 0.1) is 11.8 Å². The molecule has 0 aliphatic rings. The van der Waals surface area contributed by atoms with Gasteiger partial charge in [0.2, 0.25) is 0 Å². The number of alkyl halides is 1.